The molecule has 4 aromatic rings. The van der Waals surface area contributed by atoms with Gasteiger partial charge in [-0.1, -0.05) is 45.0 Å². The van der Waals surface area contributed by atoms with Gasteiger partial charge >= 0.3 is 0 Å². The second kappa shape index (κ2) is 7.98. The smallest absolute Gasteiger partial charge is 0.133 e. The molecule has 4 rings (SSSR count). The minimum Gasteiger partial charge on any atom is -0.489 e. The predicted octanol–water partition coefficient (Wildman–Crippen LogP) is 6.97. The van der Waals surface area contributed by atoms with Gasteiger partial charge in [-0.2, -0.15) is 5.26 Å². The molecule has 0 aliphatic heterocycles. The molecule has 0 aliphatic rings. The van der Waals surface area contributed by atoms with Crippen LogP contribution in [0.15, 0.2) is 53.9 Å². The summed E-state index contributed by atoms with van der Waals surface area (Å²) in [5.74, 6) is 0.836. The molecular formula is C24H22N2OS2. The van der Waals surface area contributed by atoms with Crippen molar-refractivity contribution in [1.29, 1.82) is 5.26 Å². The maximum Gasteiger partial charge on any atom is 0.133 e. The molecule has 0 N–H and O–H groups in total. The van der Waals surface area contributed by atoms with Crippen molar-refractivity contribution in [3.8, 4) is 21.7 Å². The number of hydrogen-bond donors (Lipinski definition) is 0. The van der Waals surface area contributed by atoms with E-state index in [1.165, 1.54) is 15.0 Å². The second-order valence-electron chi connectivity index (χ2n) is 7.99. The van der Waals surface area contributed by atoms with Crippen LogP contribution in [0.3, 0.4) is 0 Å². The first-order valence-electron chi connectivity index (χ1n) is 9.50. The molecule has 0 atom stereocenters. The van der Waals surface area contributed by atoms with E-state index in [2.05, 4.69) is 50.4 Å². The Morgan fingerprint density at radius 1 is 1.07 bits per heavy atom. The Hall–Kier alpha value is -2.68. The summed E-state index contributed by atoms with van der Waals surface area (Å²) in [6.45, 7) is 7.03. The summed E-state index contributed by atoms with van der Waals surface area (Å²) in [7, 11) is 0. The number of aromatic nitrogens is 1. The summed E-state index contributed by atoms with van der Waals surface area (Å²) in [4.78, 5) is 6.04. The molecule has 0 saturated heterocycles. The predicted molar refractivity (Wildman–Crippen MR) is 122 cm³/mol. The van der Waals surface area contributed by atoms with Crippen LogP contribution in [0.2, 0.25) is 0 Å². The van der Waals surface area contributed by atoms with Crippen molar-refractivity contribution in [3.05, 3.63) is 70.7 Å². The van der Waals surface area contributed by atoms with E-state index in [0.29, 0.717) is 13.0 Å². The Kier molecular flexibility index (Phi) is 5.40. The van der Waals surface area contributed by atoms with Gasteiger partial charge in [0.2, 0.25) is 0 Å². The third kappa shape index (κ3) is 4.34. The summed E-state index contributed by atoms with van der Waals surface area (Å²) >= 11 is 3.47. The molecule has 2 aromatic carbocycles. The van der Waals surface area contributed by atoms with E-state index in [4.69, 9.17) is 15.0 Å². The Morgan fingerprint density at radius 3 is 2.59 bits per heavy atom. The molecule has 0 bridgehead atoms. The van der Waals surface area contributed by atoms with Gasteiger partial charge in [0.1, 0.15) is 17.4 Å². The van der Waals surface area contributed by atoms with Gasteiger partial charge in [-0.25, -0.2) is 4.98 Å². The lowest BCUT2D eigenvalue weighted by Crippen LogP contribution is -2.11. The van der Waals surface area contributed by atoms with Gasteiger partial charge in [-0.05, 0) is 40.8 Å². The molecule has 0 fully saturated rings. The van der Waals surface area contributed by atoms with Gasteiger partial charge in [0.15, 0.2) is 0 Å². The lowest BCUT2D eigenvalue weighted by atomic mass is 9.93. The quantitative estimate of drug-likeness (QED) is 0.352. The minimum atomic E-state index is 0.0638. The van der Waals surface area contributed by atoms with Crippen LogP contribution >= 0.6 is 22.7 Å². The molecule has 2 heterocycles. The zero-order chi connectivity index (χ0) is 20.4. The van der Waals surface area contributed by atoms with Crippen molar-refractivity contribution < 1.29 is 4.74 Å². The average molecular weight is 419 g/mol. The van der Waals surface area contributed by atoms with E-state index in [1.807, 2.05) is 30.3 Å². The highest BCUT2D eigenvalue weighted by atomic mass is 32.1. The highest BCUT2D eigenvalue weighted by molar-refractivity contribution is 7.25. The van der Waals surface area contributed by atoms with Crippen molar-refractivity contribution in [2.24, 2.45) is 0 Å². The largest absolute Gasteiger partial charge is 0.489 e. The fourth-order valence-corrected chi connectivity index (χ4v) is 5.22. The monoisotopic (exact) mass is 418 g/mol. The SMILES string of the molecule is CC(C)(C)c1csc(-c2cc3cc(OCc4ccccc4CC#N)ccc3s2)n1. The molecule has 0 unspecified atom stereocenters. The number of fused-ring (bicyclic) bond motifs is 1. The molecule has 2 aromatic heterocycles. The lowest BCUT2D eigenvalue weighted by molar-refractivity contribution is 0.305. The normalized spacial score (nSPS) is 11.5. The number of rotatable bonds is 5. The Morgan fingerprint density at radius 2 is 1.86 bits per heavy atom. The average Bonchev–Trinajstić information content (AvgIpc) is 3.34. The van der Waals surface area contributed by atoms with E-state index in [-0.39, 0.29) is 5.41 Å². The Labute approximate surface area is 179 Å². The molecule has 5 heteroatoms. The summed E-state index contributed by atoms with van der Waals surface area (Å²) in [5, 5.41) is 13.4. The summed E-state index contributed by atoms with van der Waals surface area (Å²) in [6.07, 6.45) is 0.400. The lowest BCUT2D eigenvalue weighted by Gasteiger charge is -2.14. The standard InChI is InChI=1S/C24H22N2OS2/c1-24(2,3)22-15-28-23(26-22)21-13-18-12-19(8-9-20(18)29-21)27-14-17-7-5-4-6-16(17)10-11-25/h4-9,12-13,15H,10,14H2,1-3H3. The molecule has 0 aliphatic carbocycles. The van der Waals surface area contributed by atoms with Crippen LogP contribution in [0, 0.1) is 11.3 Å². The van der Waals surface area contributed by atoms with Crippen LogP contribution in [0.4, 0.5) is 0 Å². The Bertz CT molecular complexity index is 1190. The van der Waals surface area contributed by atoms with Crippen molar-refractivity contribution in [2.45, 2.75) is 39.2 Å². The van der Waals surface area contributed by atoms with Crippen LogP contribution in [-0.2, 0) is 18.4 Å². The number of nitrogens with zero attached hydrogens (tertiary/aromatic N) is 2. The molecule has 0 amide bonds. The van der Waals surface area contributed by atoms with Crippen LogP contribution in [0.1, 0.15) is 37.6 Å². The van der Waals surface area contributed by atoms with Crippen LogP contribution in [0.5, 0.6) is 5.75 Å². The van der Waals surface area contributed by atoms with E-state index in [0.717, 1.165) is 27.6 Å². The fourth-order valence-electron chi connectivity index (χ4n) is 3.07. The van der Waals surface area contributed by atoms with E-state index in [9.17, 15) is 0 Å². The molecule has 146 valence electrons. The number of thiazole rings is 1. The highest BCUT2D eigenvalue weighted by Crippen LogP contribution is 2.38. The number of nitriles is 1. The minimum absolute atomic E-state index is 0.0638. The maximum atomic E-state index is 9.00. The second-order valence-corrected chi connectivity index (χ2v) is 9.93. The molecule has 29 heavy (non-hydrogen) atoms. The number of benzene rings is 2. The zero-order valence-electron chi connectivity index (χ0n) is 16.7. The van der Waals surface area contributed by atoms with Gasteiger partial charge in [-0.15, -0.1) is 22.7 Å². The van der Waals surface area contributed by atoms with Gasteiger partial charge in [0.25, 0.3) is 0 Å². The van der Waals surface area contributed by atoms with Crippen molar-refractivity contribution >= 4 is 32.8 Å². The number of thiophene rings is 1. The molecule has 0 radical (unpaired) electrons. The van der Waals surface area contributed by atoms with Gasteiger partial charge < -0.3 is 4.74 Å². The number of ether oxygens (including phenoxy) is 1. The maximum absolute atomic E-state index is 9.00. The van der Waals surface area contributed by atoms with E-state index >= 15 is 0 Å². The third-order valence-electron chi connectivity index (χ3n) is 4.75. The first-order valence-corrected chi connectivity index (χ1v) is 11.2. The summed E-state index contributed by atoms with van der Waals surface area (Å²) < 4.78 is 7.26. The molecule has 3 nitrogen and oxygen atoms in total. The first kappa shape index (κ1) is 19.6. The van der Waals surface area contributed by atoms with Crippen molar-refractivity contribution in [3.63, 3.8) is 0 Å². The van der Waals surface area contributed by atoms with Crippen molar-refractivity contribution in [1.82, 2.24) is 4.98 Å². The Balaban J connectivity index is 1.55. The fraction of sp³-hybridized carbons (Fsp3) is 0.250. The number of hydrogen-bond acceptors (Lipinski definition) is 5. The van der Waals surface area contributed by atoms with Gasteiger partial charge in [0, 0.05) is 15.5 Å². The van der Waals surface area contributed by atoms with Gasteiger partial charge in [-0.3, -0.25) is 0 Å². The van der Waals surface area contributed by atoms with E-state index in [1.54, 1.807) is 22.7 Å². The van der Waals surface area contributed by atoms with Crippen LogP contribution in [0.25, 0.3) is 20.0 Å². The highest BCUT2D eigenvalue weighted by Gasteiger charge is 2.18. The van der Waals surface area contributed by atoms with Crippen LogP contribution < -0.4 is 4.74 Å². The molecule has 0 spiro atoms. The summed E-state index contributed by atoms with van der Waals surface area (Å²) in [6, 6.07) is 18.6. The van der Waals surface area contributed by atoms with Crippen LogP contribution in [-0.4, -0.2) is 4.98 Å². The van der Waals surface area contributed by atoms with Gasteiger partial charge in [0.05, 0.1) is 23.1 Å². The van der Waals surface area contributed by atoms with Crippen molar-refractivity contribution in [2.75, 3.05) is 0 Å². The topological polar surface area (TPSA) is 45.9 Å². The first-order chi connectivity index (χ1) is 13.9. The molecular weight excluding hydrogens is 396 g/mol. The third-order valence-corrected chi connectivity index (χ3v) is 6.88. The zero-order valence-corrected chi connectivity index (χ0v) is 18.4. The molecule has 0 saturated carbocycles. The van der Waals surface area contributed by atoms with E-state index < -0.39 is 0 Å². The summed E-state index contributed by atoms with van der Waals surface area (Å²) in [5.41, 5.74) is 3.27.